The minimum Gasteiger partial charge on any atom is -0.462 e. The van der Waals surface area contributed by atoms with Gasteiger partial charge in [0.15, 0.2) is 12.2 Å². The van der Waals surface area contributed by atoms with Gasteiger partial charge in [0, 0.05) is 27.9 Å². The molecule has 0 aromatic rings. The standard InChI is InChI=1S/C13H19FO8/c1-6(15)19-5-9(20-7(2)16)10-11(18-4)12(13(14)22-10)21-8(3)17/h9-13H,5H2,1-4H3/t9-,10-,11+,12-,13-/m1/s1. The number of rotatable bonds is 6. The van der Waals surface area contributed by atoms with Crippen LogP contribution < -0.4 is 0 Å². The first-order chi connectivity index (χ1) is 10.3. The molecular weight excluding hydrogens is 303 g/mol. The van der Waals surface area contributed by atoms with Gasteiger partial charge in [0.1, 0.15) is 18.8 Å². The first-order valence-corrected chi connectivity index (χ1v) is 6.56. The summed E-state index contributed by atoms with van der Waals surface area (Å²) in [4.78, 5) is 33.1. The number of carbonyl (C=O) groups excluding carboxylic acids is 3. The lowest BCUT2D eigenvalue weighted by atomic mass is 10.1. The fourth-order valence-electron chi connectivity index (χ4n) is 2.13. The van der Waals surface area contributed by atoms with Crippen LogP contribution in [0.3, 0.4) is 0 Å². The van der Waals surface area contributed by atoms with Crippen LogP contribution >= 0.6 is 0 Å². The molecule has 1 saturated heterocycles. The van der Waals surface area contributed by atoms with Crippen LogP contribution in [0.2, 0.25) is 0 Å². The Morgan fingerprint density at radius 1 is 1.09 bits per heavy atom. The van der Waals surface area contributed by atoms with Crippen LogP contribution in [-0.2, 0) is 38.1 Å². The molecule has 126 valence electrons. The lowest BCUT2D eigenvalue weighted by Gasteiger charge is -2.26. The third-order valence-corrected chi connectivity index (χ3v) is 2.90. The Labute approximate surface area is 126 Å². The van der Waals surface area contributed by atoms with Gasteiger partial charge in [0.2, 0.25) is 6.36 Å². The average Bonchev–Trinajstić information content (AvgIpc) is 2.70. The zero-order valence-electron chi connectivity index (χ0n) is 12.7. The van der Waals surface area contributed by atoms with Gasteiger partial charge in [0.25, 0.3) is 0 Å². The fraction of sp³-hybridized carbons (Fsp3) is 0.769. The second-order valence-electron chi connectivity index (χ2n) is 4.68. The van der Waals surface area contributed by atoms with Crippen LogP contribution in [0.4, 0.5) is 4.39 Å². The normalized spacial score (nSPS) is 28.8. The first-order valence-electron chi connectivity index (χ1n) is 6.56. The number of alkyl halides is 1. The van der Waals surface area contributed by atoms with Crippen LogP contribution in [0.15, 0.2) is 0 Å². The summed E-state index contributed by atoms with van der Waals surface area (Å²) < 4.78 is 38.6. The highest BCUT2D eigenvalue weighted by molar-refractivity contribution is 5.67. The number of halogens is 1. The summed E-state index contributed by atoms with van der Waals surface area (Å²) in [6.45, 7) is 3.11. The molecule has 5 atom stereocenters. The summed E-state index contributed by atoms with van der Waals surface area (Å²) in [7, 11) is 1.27. The van der Waals surface area contributed by atoms with Gasteiger partial charge in [-0.15, -0.1) is 0 Å². The van der Waals surface area contributed by atoms with Crippen molar-refractivity contribution in [2.24, 2.45) is 0 Å². The van der Waals surface area contributed by atoms with Crippen LogP contribution in [-0.4, -0.2) is 62.4 Å². The van der Waals surface area contributed by atoms with Gasteiger partial charge in [-0.25, -0.2) is 4.39 Å². The predicted molar refractivity (Wildman–Crippen MR) is 68.3 cm³/mol. The van der Waals surface area contributed by atoms with E-state index in [4.69, 9.17) is 23.7 Å². The Balaban J connectivity index is 2.89. The zero-order chi connectivity index (χ0) is 16.9. The summed E-state index contributed by atoms with van der Waals surface area (Å²) in [5.41, 5.74) is 0. The van der Waals surface area contributed by atoms with E-state index in [9.17, 15) is 18.8 Å². The predicted octanol–water partition coefficient (Wildman–Crippen LogP) is 0.122. The second kappa shape index (κ2) is 8.04. The molecule has 1 fully saturated rings. The van der Waals surface area contributed by atoms with Crippen molar-refractivity contribution in [1.82, 2.24) is 0 Å². The maximum absolute atomic E-state index is 13.9. The first kappa shape index (κ1) is 18.3. The molecule has 8 nitrogen and oxygen atoms in total. The molecule has 1 heterocycles. The molecule has 0 saturated carbocycles. The maximum atomic E-state index is 13.9. The summed E-state index contributed by atoms with van der Waals surface area (Å²) in [6.07, 6.45) is -6.45. The minimum atomic E-state index is -1.95. The molecule has 0 bridgehead atoms. The van der Waals surface area contributed by atoms with Crippen molar-refractivity contribution < 1.29 is 42.5 Å². The van der Waals surface area contributed by atoms with Crippen molar-refractivity contribution in [2.45, 2.75) is 51.5 Å². The average molecular weight is 322 g/mol. The number of carbonyl (C=O) groups is 3. The zero-order valence-corrected chi connectivity index (χ0v) is 12.7. The minimum absolute atomic E-state index is 0.334. The Bertz CT molecular complexity index is 426. The summed E-state index contributed by atoms with van der Waals surface area (Å²) in [6, 6.07) is 0. The van der Waals surface area contributed by atoms with E-state index in [1.54, 1.807) is 0 Å². The Morgan fingerprint density at radius 3 is 2.18 bits per heavy atom. The molecular formula is C13H19FO8. The molecule has 22 heavy (non-hydrogen) atoms. The molecule has 0 unspecified atom stereocenters. The van der Waals surface area contributed by atoms with Crippen molar-refractivity contribution >= 4 is 17.9 Å². The summed E-state index contributed by atoms with van der Waals surface area (Å²) >= 11 is 0. The fourth-order valence-corrected chi connectivity index (χ4v) is 2.13. The van der Waals surface area contributed by atoms with Crippen LogP contribution in [0, 0.1) is 0 Å². The van der Waals surface area contributed by atoms with Gasteiger partial charge in [-0.2, -0.15) is 0 Å². The Hall–Kier alpha value is -1.74. The lowest BCUT2D eigenvalue weighted by Crippen LogP contribution is -2.45. The van der Waals surface area contributed by atoms with Crippen LogP contribution in [0.5, 0.6) is 0 Å². The van der Waals surface area contributed by atoms with Crippen molar-refractivity contribution in [2.75, 3.05) is 13.7 Å². The van der Waals surface area contributed by atoms with Gasteiger partial charge in [-0.05, 0) is 0 Å². The molecule has 0 aromatic carbocycles. The topological polar surface area (TPSA) is 97.4 Å². The largest absolute Gasteiger partial charge is 0.462 e. The van der Waals surface area contributed by atoms with E-state index >= 15 is 0 Å². The van der Waals surface area contributed by atoms with E-state index < -0.39 is 48.7 Å². The summed E-state index contributed by atoms with van der Waals surface area (Å²) in [5.74, 6) is -1.97. The van der Waals surface area contributed by atoms with E-state index in [2.05, 4.69) is 0 Å². The van der Waals surface area contributed by atoms with Crippen LogP contribution in [0.1, 0.15) is 20.8 Å². The number of methoxy groups -OCH3 is 1. The molecule has 1 aliphatic rings. The molecule has 0 spiro atoms. The molecule has 0 N–H and O–H groups in total. The number of hydrogen-bond donors (Lipinski definition) is 0. The van der Waals surface area contributed by atoms with Gasteiger partial charge < -0.3 is 23.7 Å². The SMILES string of the molecule is CO[C@@H]1[C@@H](OC(C)=O)[C@H](F)O[C@@H]1[C@@H](COC(C)=O)OC(C)=O. The highest BCUT2D eigenvalue weighted by Crippen LogP contribution is 2.30. The van der Waals surface area contributed by atoms with Gasteiger partial charge in [-0.1, -0.05) is 0 Å². The van der Waals surface area contributed by atoms with Gasteiger partial charge in [0.05, 0.1) is 0 Å². The van der Waals surface area contributed by atoms with Gasteiger partial charge in [-0.3, -0.25) is 14.4 Å². The van der Waals surface area contributed by atoms with E-state index in [0.29, 0.717) is 0 Å². The van der Waals surface area contributed by atoms with Gasteiger partial charge >= 0.3 is 17.9 Å². The van der Waals surface area contributed by atoms with Crippen molar-refractivity contribution in [3.63, 3.8) is 0 Å². The molecule has 1 rings (SSSR count). The molecule has 1 aliphatic heterocycles. The van der Waals surface area contributed by atoms with E-state index in [1.807, 2.05) is 0 Å². The maximum Gasteiger partial charge on any atom is 0.303 e. The van der Waals surface area contributed by atoms with Crippen LogP contribution in [0.25, 0.3) is 0 Å². The molecule has 0 aromatic heterocycles. The molecule has 9 heteroatoms. The third kappa shape index (κ3) is 4.92. The smallest absolute Gasteiger partial charge is 0.303 e. The van der Waals surface area contributed by atoms with Crippen molar-refractivity contribution in [3.05, 3.63) is 0 Å². The van der Waals surface area contributed by atoms with Crippen molar-refractivity contribution in [1.29, 1.82) is 0 Å². The molecule has 0 radical (unpaired) electrons. The van der Waals surface area contributed by atoms with E-state index in [-0.39, 0.29) is 6.61 Å². The second-order valence-corrected chi connectivity index (χ2v) is 4.68. The Morgan fingerprint density at radius 2 is 1.73 bits per heavy atom. The van der Waals surface area contributed by atoms with E-state index in [1.165, 1.54) is 14.0 Å². The quantitative estimate of drug-likeness (QED) is 0.502. The molecule has 0 aliphatic carbocycles. The number of esters is 3. The lowest BCUT2D eigenvalue weighted by molar-refractivity contribution is -0.174. The third-order valence-electron chi connectivity index (χ3n) is 2.90. The monoisotopic (exact) mass is 322 g/mol. The summed E-state index contributed by atoms with van der Waals surface area (Å²) in [5, 5.41) is 0. The number of hydrogen-bond acceptors (Lipinski definition) is 8. The Kier molecular flexibility index (Phi) is 6.69. The van der Waals surface area contributed by atoms with E-state index in [0.717, 1.165) is 13.8 Å². The molecule has 0 amide bonds. The highest BCUT2D eigenvalue weighted by Gasteiger charge is 2.52. The number of ether oxygens (including phenoxy) is 5. The highest BCUT2D eigenvalue weighted by atomic mass is 19.1. The van der Waals surface area contributed by atoms with Crippen molar-refractivity contribution in [3.8, 4) is 0 Å².